The lowest BCUT2D eigenvalue weighted by Gasteiger charge is -2.40. The van der Waals surface area contributed by atoms with Crippen molar-refractivity contribution in [2.45, 2.75) is 37.8 Å². The van der Waals surface area contributed by atoms with Gasteiger partial charge in [0.25, 0.3) is 0 Å². The van der Waals surface area contributed by atoms with Gasteiger partial charge in [0.05, 0.1) is 5.01 Å². The number of rotatable bonds is 8. The third-order valence-electron chi connectivity index (χ3n) is 4.97. The van der Waals surface area contributed by atoms with Gasteiger partial charge in [-0.25, -0.2) is 9.78 Å². The Morgan fingerprint density at radius 2 is 2.04 bits per heavy atom. The Kier molecular flexibility index (Phi) is 7.20. The third kappa shape index (κ3) is 6.02. The Morgan fingerprint density at radius 1 is 1.26 bits per heavy atom. The molecule has 3 N–H and O–H groups in total. The minimum Gasteiger partial charge on any atom is -0.381 e. The minimum absolute atomic E-state index is 0.133. The van der Waals surface area contributed by atoms with Crippen molar-refractivity contribution in [2.75, 3.05) is 26.3 Å². The van der Waals surface area contributed by atoms with Crippen molar-refractivity contribution >= 4 is 17.4 Å². The van der Waals surface area contributed by atoms with Crippen LogP contribution in [0.1, 0.15) is 36.4 Å². The topological polar surface area (TPSA) is 75.3 Å². The van der Waals surface area contributed by atoms with Crippen molar-refractivity contribution in [3.63, 3.8) is 0 Å². The fourth-order valence-electron chi connectivity index (χ4n) is 3.39. The molecule has 1 aromatic heterocycles. The molecule has 0 bridgehead atoms. The second kappa shape index (κ2) is 9.82. The third-order valence-corrected chi connectivity index (χ3v) is 5.81. The monoisotopic (exact) mass is 388 g/mol. The summed E-state index contributed by atoms with van der Waals surface area (Å²) in [5, 5.41) is 12.7. The Morgan fingerprint density at radius 3 is 2.74 bits per heavy atom. The summed E-state index contributed by atoms with van der Waals surface area (Å²) in [7, 11) is 0. The van der Waals surface area contributed by atoms with Crippen molar-refractivity contribution < 1.29 is 9.53 Å². The van der Waals surface area contributed by atoms with Gasteiger partial charge in [-0.05, 0) is 25.3 Å². The van der Waals surface area contributed by atoms with E-state index in [1.807, 2.05) is 11.4 Å². The van der Waals surface area contributed by atoms with E-state index in [-0.39, 0.29) is 17.6 Å². The van der Waals surface area contributed by atoms with Crippen LogP contribution in [-0.2, 0) is 11.2 Å². The van der Waals surface area contributed by atoms with Gasteiger partial charge in [-0.3, -0.25) is 0 Å². The molecule has 0 saturated carbocycles. The highest BCUT2D eigenvalue weighted by molar-refractivity contribution is 7.09. The largest absolute Gasteiger partial charge is 0.381 e. The van der Waals surface area contributed by atoms with E-state index in [0.717, 1.165) is 24.3 Å². The molecule has 1 aromatic carbocycles. The molecule has 1 fully saturated rings. The summed E-state index contributed by atoms with van der Waals surface area (Å²) in [6, 6.07) is 10.5. The van der Waals surface area contributed by atoms with Gasteiger partial charge in [0, 0.05) is 55.9 Å². The van der Waals surface area contributed by atoms with Crippen LogP contribution in [0.4, 0.5) is 4.79 Å². The number of amides is 2. The number of benzene rings is 1. The summed E-state index contributed by atoms with van der Waals surface area (Å²) in [5.74, 6) is 0. The maximum absolute atomic E-state index is 12.2. The molecule has 2 heterocycles. The average Bonchev–Trinajstić information content (AvgIpc) is 3.21. The van der Waals surface area contributed by atoms with Crippen molar-refractivity contribution in [1.29, 1.82) is 0 Å². The molecule has 1 aliphatic heterocycles. The molecule has 2 amide bonds. The Balaban J connectivity index is 1.50. The van der Waals surface area contributed by atoms with E-state index < -0.39 is 0 Å². The highest BCUT2D eigenvalue weighted by Gasteiger charge is 2.34. The van der Waals surface area contributed by atoms with Crippen LogP contribution in [0.2, 0.25) is 0 Å². The van der Waals surface area contributed by atoms with Gasteiger partial charge >= 0.3 is 6.03 Å². The van der Waals surface area contributed by atoms with Gasteiger partial charge in [-0.1, -0.05) is 30.3 Å². The predicted molar refractivity (Wildman–Crippen MR) is 108 cm³/mol. The molecule has 146 valence electrons. The average molecular weight is 389 g/mol. The normalized spacial score (nSPS) is 17.2. The molecule has 27 heavy (non-hydrogen) atoms. The Hall–Kier alpha value is -1.96. The van der Waals surface area contributed by atoms with Gasteiger partial charge in [-0.15, -0.1) is 11.3 Å². The highest BCUT2D eigenvalue weighted by atomic mass is 32.1. The molecule has 3 rings (SSSR count). The van der Waals surface area contributed by atoms with Crippen LogP contribution in [0.15, 0.2) is 41.9 Å². The SMILES string of the molecule is CC(NC1(CNC(=O)NCCc2nccs2)CCOCC1)c1ccccc1. The summed E-state index contributed by atoms with van der Waals surface area (Å²) in [4.78, 5) is 16.4. The zero-order chi connectivity index (χ0) is 19.0. The van der Waals surface area contributed by atoms with Crippen molar-refractivity contribution in [3.8, 4) is 0 Å². The molecule has 0 radical (unpaired) electrons. The fourth-order valence-corrected chi connectivity index (χ4v) is 4.01. The first kappa shape index (κ1) is 19.8. The van der Waals surface area contributed by atoms with Crippen molar-refractivity contribution in [1.82, 2.24) is 20.9 Å². The number of aromatic nitrogens is 1. The number of hydrogen-bond donors (Lipinski definition) is 3. The maximum Gasteiger partial charge on any atom is 0.314 e. The molecule has 0 spiro atoms. The molecule has 1 aliphatic rings. The molecular formula is C20H28N4O2S. The lowest BCUT2D eigenvalue weighted by molar-refractivity contribution is 0.0347. The van der Waals surface area contributed by atoms with E-state index in [1.165, 1.54) is 5.56 Å². The van der Waals surface area contributed by atoms with Crippen LogP contribution < -0.4 is 16.0 Å². The molecule has 0 aliphatic carbocycles. The van der Waals surface area contributed by atoms with Gasteiger partial charge in [0.1, 0.15) is 0 Å². The number of thiazole rings is 1. The van der Waals surface area contributed by atoms with Crippen LogP contribution in [-0.4, -0.2) is 42.9 Å². The van der Waals surface area contributed by atoms with Crippen LogP contribution in [0.3, 0.4) is 0 Å². The predicted octanol–water partition coefficient (Wildman–Crippen LogP) is 2.88. The molecule has 1 atom stereocenters. The van der Waals surface area contributed by atoms with E-state index >= 15 is 0 Å². The van der Waals surface area contributed by atoms with Crippen molar-refractivity contribution in [3.05, 3.63) is 52.5 Å². The molecule has 7 heteroatoms. The van der Waals surface area contributed by atoms with Crippen molar-refractivity contribution in [2.24, 2.45) is 0 Å². The van der Waals surface area contributed by atoms with Gasteiger partial charge < -0.3 is 20.7 Å². The number of nitrogens with zero attached hydrogens (tertiary/aromatic N) is 1. The zero-order valence-electron chi connectivity index (χ0n) is 15.7. The molecular weight excluding hydrogens is 360 g/mol. The fraction of sp³-hybridized carbons (Fsp3) is 0.500. The lowest BCUT2D eigenvalue weighted by atomic mass is 9.88. The summed E-state index contributed by atoms with van der Waals surface area (Å²) in [5.41, 5.74) is 1.09. The Bertz CT molecular complexity index is 687. The second-order valence-electron chi connectivity index (χ2n) is 6.95. The van der Waals surface area contributed by atoms with Gasteiger partial charge in [-0.2, -0.15) is 0 Å². The first-order valence-corrected chi connectivity index (χ1v) is 10.4. The lowest BCUT2D eigenvalue weighted by Crippen LogP contribution is -2.58. The van der Waals surface area contributed by atoms with E-state index in [2.05, 4.69) is 52.1 Å². The minimum atomic E-state index is -0.153. The molecule has 1 unspecified atom stereocenters. The van der Waals surface area contributed by atoms with E-state index in [4.69, 9.17) is 4.74 Å². The summed E-state index contributed by atoms with van der Waals surface area (Å²) >= 11 is 1.61. The number of urea groups is 1. The van der Waals surface area contributed by atoms with Crippen LogP contribution in [0.25, 0.3) is 0 Å². The van der Waals surface area contributed by atoms with E-state index in [0.29, 0.717) is 26.3 Å². The van der Waals surface area contributed by atoms with Gasteiger partial charge in [0.15, 0.2) is 0 Å². The highest BCUT2D eigenvalue weighted by Crippen LogP contribution is 2.25. The number of hydrogen-bond acceptors (Lipinski definition) is 5. The number of nitrogens with one attached hydrogen (secondary N) is 3. The quantitative estimate of drug-likeness (QED) is 0.650. The maximum atomic E-state index is 12.2. The van der Waals surface area contributed by atoms with Crippen LogP contribution in [0.5, 0.6) is 0 Å². The standard InChI is InChI=1S/C20H28N4O2S/c1-16(17-5-3-2-4-6-17)24-20(8-12-26-13-9-20)15-23-19(25)22-10-7-18-21-11-14-27-18/h2-6,11,14,16,24H,7-10,12-13,15H2,1H3,(H2,22,23,25). The first-order chi connectivity index (χ1) is 13.2. The summed E-state index contributed by atoms with van der Waals surface area (Å²) in [6.45, 7) is 4.75. The zero-order valence-corrected chi connectivity index (χ0v) is 16.6. The first-order valence-electron chi connectivity index (χ1n) is 9.47. The van der Waals surface area contributed by atoms with E-state index in [1.54, 1.807) is 17.5 Å². The number of ether oxygens (including phenoxy) is 1. The number of carbonyl (C=O) groups is 1. The molecule has 1 saturated heterocycles. The Labute approximate surface area is 164 Å². The van der Waals surface area contributed by atoms with Crippen LogP contribution >= 0.6 is 11.3 Å². The van der Waals surface area contributed by atoms with E-state index in [9.17, 15) is 4.79 Å². The molecule has 2 aromatic rings. The van der Waals surface area contributed by atoms with Crippen LogP contribution in [0, 0.1) is 0 Å². The summed E-state index contributed by atoms with van der Waals surface area (Å²) < 4.78 is 5.55. The number of carbonyl (C=O) groups excluding carboxylic acids is 1. The second-order valence-corrected chi connectivity index (χ2v) is 7.93. The van der Waals surface area contributed by atoms with Gasteiger partial charge in [0.2, 0.25) is 0 Å². The molecule has 6 nitrogen and oxygen atoms in total. The smallest absolute Gasteiger partial charge is 0.314 e. The summed E-state index contributed by atoms with van der Waals surface area (Å²) in [6.07, 6.45) is 4.30.